The molecule has 5 nitrogen and oxygen atoms in total. The van der Waals surface area contributed by atoms with Gasteiger partial charge in [-0.3, -0.25) is 9.36 Å². The first kappa shape index (κ1) is 13.8. The Labute approximate surface area is 133 Å². The van der Waals surface area contributed by atoms with E-state index in [-0.39, 0.29) is 11.6 Å². The molecule has 5 heteroatoms. The average molecular weight is 308 g/mol. The molecule has 0 N–H and O–H groups in total. The van der Waals surface area contributed by atoms with Gasteiger partial charge in [-0.05, 0) is 24.6 Å². The molecule has 0 radical (unpaired) electrons. The first-order valence-electron chi connectivity index (χ1n) is 7.65. The van der Waals surface area contributed by atoms with E-state index in [0.29, 0.717) is 35.9 Å². The standard InChI is InChI=1S/C18H16N2O3/c1-2-22-13-8-9-14-15(10-13)19-18-20(17(14)21)16(11-23-18)12-6-4-3-5-7-12/h3-10,16H,2,11H2,1H3. The maximum absolute atomic E-state index is 12.9. The minimum Gasteiger partial charge on any atom is -0.494 e. The monoisotopic (exact) mass is 308 g/mol. The molecular weight excluding hydrogens is 292 g/mol. The fourth-order valence-electron chi connectivity index (χ4n) is 2.94. The molecule has 2 heterocycles. The number of benzene rings is 2. The van der Waals surface area contributed by atoms with Gasteiger partial charge in [-0.25, -0.2) is 0 Å². The Bertz CT molecular complexity index is 919. The molecule has 3 aromatic rings. The van der Waals surface area contributed by atoms with Crippen molar-refractivity contribution in [3.63, 3.8) is 0 Å². The predicted octanol–water partition coefficient (Wildman–Crippen LogP) is 2.78. The van der Waals surface area contributed by atoms with Crippen LogP contribution in [0.4, 0.5) is 0 Å². The lowest BCUT2D eigenvalue weighted by atomic mass is 10.1. The molecule has 0 bridgehead atoms. The first-order valence-corrected chi connectivity index (χ1v) is 7.65. The number of hydrogen-bond acceptors (Lipinski definition) is 4. The molecule has 0 fully saturated rings. The van der Waals surface area contributed by atoms with E-state index in [1.54, 1.807) is 22.8 Å². The fourth-order valence-corrected chi connectivity index (χ4v) is 2.94. The molecule has 4 rings (SSSR count). The summed E-state index contributed by atoms with van der Waals surface area (Å²) in [6.45, 7) is 2.91. The maximum atomic E-state index is 12.9. The highest BCUT2D eigenvalue weighted by Crippen LogP contribution is 2.29. The summed E-state index contributed by atoms with van der Waals surface area (Å²) in [5, 5.41) is 0.573. The topological polar surface area (TPSA) is 53.4 Å². The third-order valence-corrected chi connectivity index (χ3v) is 4.02. The molecule has 1 atom stereocenters. The molecule has 1 aliphatic rings. The summed E-state index contributed by atoms with van der Waals surface area (Å²) in [5.74, 6) is 0.703. The number of rotatable bonds is 3. The lowest BCUT2D eigenvalue weighted by Crippen LogP contribution is -2.23. The van der Waals surface area contributed by atoms with Gasteiger partial charge in [0, 0.05) is 6.07 Å². The zero-order valence-electron chi connectivity index (χ0n) is 12.7. The second kappa shape index (κ2) is 5.43. The Hall–Kier alpha value is -2.82. The van der Waals surface area contributed by atoms with Crippen LogP contribution in [0, 0.1) is 0 Å². The van der Waals surface area contributed by atoms with Crippen molar-refractivity contribution in [1.82, 2.24) is 9.55 Å². The molecule has 0 saturated carbocycles. The normalized spacial score (nSPS) is 16.1. The minimum atomic E-state index is -0.137. The zero-order valence-corrected chi connectivity index (χ0v) is 12.7. The van der Waals surface area contributed by atoms with Gasteiger partial charge in [0.2, 0.25) is 0 Å². The van der Waals surface area contributed by atoms with Crippen LogP contribution < -0.4 is 15.0 Å². The summed E-state index contributed by atoms with van der Waals surface area (Å²) in [7, 11) is 0. The van der Waals surface area contributed by atoms with Gasteiger partial charge >= 0.3 is 6.01 Å². The van der Waals surface area contributed by atoms with E-state index in [1.165, 1.54) is 0 Å². The molecule has 1 aliphatic heterocycles. The van der Waals surface area contributed by atoms with Crippen LogP contribution in [0.3, 0.4) is 0 Å². The summed E-state index contributed by atoms with van der Waals surface area (Å²) in [6.07, 6.45) is 0. The molecule has 0 spiro atoms. The first-order chi connectivity index (χ1) is 11.3. The minimum absolute atomic E-state index is 0.0839. The number of ether oxygens (including phenoxy) is 2. The fraction of sp³-hybridized carbons (Fsp3) is 0.222. The largest absolute Gasteiger partial charge is 0.494 e. The van der Waals surface area contributed by atoms with Crippen molar-refractivity contribution in [2.45, 2.75) is 13.0 Å². The molecule has 23 heavy (non-hydrogen) atoms. The van der Waals surface area contributed by atoms with E-state index in [4.69, 9.17) is 9.47 Å². The number of hydrogen-bond donors (Lipinski definition) is 0. The van der Waals surface area contributed by atoms with Crippen LogP contribution >= 0.6 is 0 Å². The van der Waals surface area contributed by atoms with Gasteiger partial charge in [0.25, 0.3) is 5.56 Å². The summed E-state index contributed by atoms with van der Waals surface area (Å²) in [4.78, 5) is 17.4. The molecular formula is C18H16N2O3. The second-order valence-corrected chi connectivity index (χ2v) is 5.42. The second-order valence-electron chi connectivity index (χ2n) is 5.42. The van der Waals surface area contributed by atoms with E-state index >= 15 is 0 Å². The summed E-state index contributed by atoms with van der Waals surface area (Å²) in [5.41, 5.74) is 1.56. The van der Waals surface area contributed by atoms with Crippen LogP contribution in [0.15, 0.2) is 53.3 Å². The van der Waals surface area contributed by atoms with Crippen molar-refractivity contribution >= 4 is 10.9 Å². The van der Waals surface area contributed by atoms with Gasteiger partial charge in [-0.15, -0.1) is 0 Å². The van der Waals surface area contributed by atoms with E-state index in [2.05, 4.69) is 4.98 Å². The zero-order chi connectivity index (χ0) is 15.8. The van der Waals surface area contributed by atoms with Crippen molar-refractivity contribution in [2.24, 2.45) is 0 Å². The maximum Gasteiger partial charge on any atom is 0.300 e. The molecule has 1 aromatic heterocycles. The lowest BCUT2D eigenvalue weighted by Gasteiger charge is -2.12. The van der Waals surface area contributed by atoms with Crippen LogP contribution in [0.25, 0.3) is 10.9 Å². The molecule has 0 saturated heterocycles. The third kappa shape index (κ3) is 2.25. The van der Waals surface area contributed by atoms with E-state index < -0.39 is 0 Å². The highest BCUT2D eigenvalue weighted by atomic mass is 16.5. The molecule has 116 valence electrons. The Kier molecular flexibility index (Phi) is 3.26. The molecule has 0 amide bonds. The van der Waals surface area contributed by atoms with Crippen molar-refractivity contribution in [3.8, 4) is 11.8 Å². The Morgan fingerprint density at radius 2 is 2.09 bits per heavy atom. The summed E-state index contributed by atoms with van der Waals surface area (Å²) >= 11 is 0. The third-order valence-electron chi connectivity index (χ3n) is 4.02. The highest BCUT2D eigenvalue weighted by Gasteiger charge is 2.28. The summed E-state index contributed by atoms with van der Waals surface area (Å²) < 4.78 is 12.8. The van der Waals surface area contributed by atoms with Crippen LogP contribution in [-0.2, 0) is 0 Å². The highest BCUT2D eigenvalue weighted by molar-refractivity contribution is 5.79. The average Bonchev–Trinajstić information content (AvgIpc) is 3.00. The number of nitrogens with zero attached hydrogens (tertiary/aromatic N) is 2. The van der Waals surface area contributed by atoms with Gasteiger partial charge in [0.15, 0.2) is 0 Å². The Morgan fingerprint density at radius 1 is 1.26 bits per heavy atom. The Balaban J connectivity index is 1.88. The smallest absolute Gasteiger partial charge is 0.300 e. The van der Waals surface area contributed by atoms with Gasteiger partial charge in [-0.1, -0.05) is 30.3 Å². The van der Waals surface area contributed by atoms with Crippen LogP contribution in [-0.4, -0.2) is 22.8 Å². The van der Waals surface area contributed by atoms with E-state index in [9.17, 15) is 4.79 Å². The van der Waals surface area contributed by atoms with E-state index in [0.717, 1.165) is 5.56 Å². The molecule has 2 aromatic carbocycles. The van der Waals surface area contributed by atoms with Crippen LogP contribution in [0.5, 0.6) is 11.8 Å². The van der Waals surface area contributed by atoms with Gasteiger partial charge in [0.1, 0.15) is 18.4 Å². The van der Waals surface area contributed by atoms with Crippen molar-refractivity contribution in [1.29, 1.82) is 0 Å². The van der Waals surface area contributed by atoms with E-state index in [1.807, 2.05) is 37.3 Å². The summed E-state index contributed by atoms with van der Waals surface area (Å²) in [6, 6.07) is 15.4. The van der Waals surface area contributed by atoms with Gasteiger partial charge < -0.3 is 9.47 Å². The number of fused-ring (bicyclic) bond motifs is 2. The van der Waals surface area contributed by atoms with Crippen molar-refractivity contribution in [3.05, 3.63) is 64.4 Å². The van der Waals surface area contributed by atoms with Crippen molar-refractivity contribution in [2.75, 3.05) is 13.2 Å². The van der Waals surface area contributed by atoms with Crippen LogP contribution in [0.2, 0.25) is 0 Å². The van der Waals surface area contributed by atoms with Gasteiger partial charge in [0.05, 0.1) is 17.5 Å². The molecule has 0 aliphatic carbocycles. The lowest BCUT2D eigenvalue weighted by molar-refractivity contribution is 0.332. The predicted molar refractivity (Wildman–Crippen MR) is 87.2 cm³/mol. The van der Waals surface area contributed by atoms with Gasteiger partial charge in [-0.2, -0.15) is 4.98 Å². The number of aromatic nitrogens is 2. The molecule has 1 unspecified atom stereocenters. The van der Waals surface area contributed by atoms with Crippen molar-refractivity contribution < 1.29 is 9.47 Å². The SMILES string of the molecule is CCOc1ccc2c(=O)n3c(nc2c1)OCC3c1ccccc1. The Morgan fingerprint density at radius 3 is 2.87 bits per heavy atom. The quantitative estimate of drug-likeness (QED) is 0.746. The van der Waals surface area contributed by atoms with Crippen LogP contribution in [0.1, 0.15) is 18.5 Å².